The van der Waals surface area contributed by atoms with Crippen LogP contribution in [0.3, 0.4) is 0 Å². The first-order chi connectivity index (χ1) is 7.99. The van der Waals surface area contributed by atoms with Crippen LogP contribution in [0.2, 0.25) is 0 Å². The molecule has 17 heavy (non-hydrogen) atoms. The van der Waals surface area contributed by atoms with Crippen LogP contribution in [0.25, 0.3) is 0 Å². The minimum absolute atomic E-state index is 0.270. The predicted octanol–water partition coefficient (Wildman–Crippen LogP) is 2.12. The van der Waals surface area contributed by atoms with Gasteiger partial charge in [-0.05, 0) is 40.8 Å². The molecule has 0 radical (unpaired) electrons. The third kappa shape index (κ3) is 2.41. The lowest BCUT2D eigenvalue weighted by Crippen LogP contribution is -2.54. The molecule has 1 saturated heterocycles. The molecule has 1 N–H and O–H groups in total. The lowest BCUT2D eigenvalue weighted by molar-refractivity contribution is -0.123. The molecular weight excluding hydrogens is 338 g/mol. The highest BCUT2D eigenvalue weighted by atomic mass is 127. The molecule has 4 nitrogen and oxygen atoms in total. The SMILES string of the molecule is CC1CN(c2ccc(F)cc2I)C(=O)NC1=O. The Kier molecular flexibility index (Phi) is 3.32. The largest absolute Gasteiger partial charge is 0.328 e. The quantitative estimate of drug-likeness (QED) is 0.791. The standard InChI is InChI=1S/C11H10FIN2O2/c1-6-5-15(11(17)14-10(6)16)9-3-2-7(12)4-8(9)13/h2-4,6H,5H2,1H3,(H,14,16,17). The molecule has 0 saturated carbocycles. The highest BCUT2D eigenvalue weighted by Gasteiger charge is 2.30. The van der Waals surface area contributed by atoms with Crippen LogP contribution in [0.1, 0.15) is 6.92 Å². The van der Waals surface area contributed by atoms with E-state index in [1.54, 1.807) is 13.0 Å². The molecular formula is C11H10FIN2O2. The molecule has 1 aromatic rings. The molecule has 2 rings (SSSR count). The molecule has 0 aliphatic carbocycles. The van der Waals surface area contributed by atoms with Gasteiger partial charge in [-0.2, -0.15) is 0 Å². The maximum Gasteiger partial charge on any atom is 0.328 e. The zero-order chi connectivity index (χ0) is 12.6. The highest BCUT2D eigenvalue weighted by Crippen LogP contribution is 2.25. The maximum absolute atomic E-state index is 13.0. The van der Waals surface area contributed by atoms with Crippen molar-refractivity contribution in [2.75, 3.05) is 11.4 Å². The van der Waals surface area contributed by atoms with Gasteiger partial charge in [-0.1, -0.05) is 6.92 Å². The van der Waals surface area contributed by atoms with Crippen molar-refractivity contribution in [2.45, 2.75) is 6.92 Å². The zero-order valence-corrected chi connectivity index (χ0v) is 11.2. The third-order valence-corrected chi connectivity index (χ3v) is 3.44. The van der Waals surface area contributed by atoms with Crippen molar-refractivity contribution in [2.24, 2.45) is 5.92 Å². The van der Waals surface area contributed by atoms with Gasteiger partial charge in [-0.3, -0.25) is 15.0 Å². The second kappa shape index (κ2) is 4.59. The number of imide groups is 1. The summed E-state index contributed by atoms with van der Waals surface area (Å²) in [5, 5.41) is 2.27. The number of hydrogen-bond acceptors (Lipinski definition) is 2. The molecule has 6 heteroatoms. The van der Waals surface area contributed by atoms with Crippen molar-refractivity contribution in [1.82, 2.24) is 5.32 Å². The number of nitrogens with zero attached hydrogens (tertiary/aromatic N) is 1. The fraction of sp³-hybridized carbons (Fsp3) is 0.273. The minimum atomic E-state index is -0.461. The summed E-state index contributed by atoms with van der Waals surface area (Å²) in [5.41, 5.74) is 0.615. The molecule has 1 fully saturated rings. The van der Waals surface area contributed by atoms with Gasteiger partial charge in [0.25, 0.3) is 0 Å². The van der Waals surface area contributed by atoms with E-state index in [1.807, 2.05) is 22.6 Å². The molecule has 0 bridgehead atoms. The summed E-state index contributed by atoms with van der Waals surface area (Å²) in [5.74, 6) is -0.892. The van der Waals surface area contributed by atoms with Gasteiger partial charge < -0.3 is 0 Å². The summed E-state index contributed by atoms with van der Waals surface area (Å²) in [6.07, 6.45) is 0. The number of anilines is 1. The van der Waals surface area contributed by atoms with Gasteiger partial charge in [0.05, 0.1) is 11.6 Å². The Hall–Kier alpha value is -1.18. The molecule has 1 aliphatic rings. The van der Waals surface area contributed by atoms with Crippen LogP contribution in [-0.4, -0.2) is 18.5 Å². The summed E-state index contributed by atoms with van der Waals surface area (Å²) in [4.78, 5) is 24.4. The molecule has 1 atom stereocenters. The fourth-order valence-electron chi connectivity index (χ4n) is 1.64. The summed E-state index contributed by atoms with van der Waals surface area (Å²) in [7, 11) is 0. The number of amides is 3. The van der Waals surface area contributed by atoms with Gasteiger partial charge in [-0.25, -0.2) is 9.18 Å². The van der Waals surface area contributed by atoms with E-state index in [0.29, 0.717) is 15.8 Å². The van der Waals surface area contributed by atoms with Gasteiger partial charge in [0.1, 0.15) is 5.82 Å². The number of urea groups is 1. The van der Waals surface area contributed by atoms with E-state index in [0.717, 1.165) is 0 Å². The van der Waals surface area contributed by atoms with Crippen LogP contribution in [0.15, 0.2) is 18.2 Å². The van der Waals surface area contributed by atoms with E-state index in [4.69, 9.17) is 0 Å². The summed E-state index contributed by atoms with van der Waals surface area (Å²) in [6.45, 7) is 2.05. The number of rotatable bonds is 1. The normalized spacial score (nSPS) is 20.4. The Labute approximate surface area is 111 Å². The molecule has 1 aromatic carbocycles. The van der Waals surface area contributed by atoms with Gasteiger partial charge in [0, 0.05) is 10.1 Å². The molecule has 1 aliphatic heterocycles. The Morgan fingerprint density at radius 3 is 2.82 bits per heavy atom. The second-order valence-corrected chi connectivity index (χ2v) is 5.06. The van der Waals surface area contributed by atoms with Crippen molar-refractivity contribution >= 4 is 40.2 Å². The van der Waals surface area contributed by atoms with E-state index in [9.17, 15) is 14.0 Å². The van der Waals surface area contributed by atoms with Crippen LogP contribution in [0.4, 0.5) is 14.9 Å². The zero-order valence-electron chi connectivity index (χ0n) is 9.04. The van der Waals surface area contributed by atoms with Crippen LogP contribution in [-0.2, 0) is 4.79 Å². The Bertz CT molecular complexity index is 492. The Balaban J connectivity index is 2.33. The van der Waals surface area contributed by atoms with Crippen LogP contribution >= 0.6 is 22.6 Å². The molecule has 90 valence electrons. The lowest BCUT2D eigenvalue weighted by atomic mass is 10.1. The summed E-state index contributed by atoms with van der Waals surface area (Å²) >= 11 is 1.96. The molecule has 1 heterocycles. The number of halogens is 2. The Morgan fingerprint density at radius 2 is 2.18 bits per heavy atom. The Morgan fingerprint density at radius 1 is 1.47 bits per heavy atom. The number of nitrogens with one attached hydrogen (secondary N) is 1. The van der Waals surface area contributed by atoms with Gasteiger partial charge in [0.15, 0.2) is 0 Å². The van der Waals surface area contributed by atoms with E-state index < -0.39 is 6.03 Å². The van der Waals surface area contributed by atoms with Crippen LogP contribution in [0.5, 0.6) is 0 Å². The second-order valence-electron chi connectivity index (χ2n) is 3.90. The van der Waals surface area contributed by atoms with Crippen LogP contribution in [0, 0.1) is 15.3 Å². The van der Waals surface area contributed by atoms with Crippen molar-refractivity contribution in [1.29, 1.82) is 0 Å². The van der Waals surface area contributed by atoms with Crippen molar-refractivity contribution < 1.29 is 14.0 Å². The first-order valence-corrected chi connectivity index (χ1v) is 6.14. The number of benzene rings is 1. The number of carbonyl (C=O) groups excluding carboxylic acids is 2. The first-order valence-electron chi connectivity index (χ1n) is 5.06. The van der Waals surface area contributed by atoms with Crippen molar-refractivity contribution in [3.63, 3.8) is 0 Å². The summed E-state index contributed by atoms with van der Waals surface area (Å²) < 4.78 is 13.6. The van der Waals surface area contributed by atoms with Gasteiger partial charge in [-0.15, -0.1) is 0 Å². The number of carbonyl (C=O) groups is 2. The van der Waals surface area contributed by atoms with E-state index in [1.165, 1.54) is 17.0 Å². The van der Waals surface area contributed by atoms with E-state index in [-0.39, 0.29) is 17.6 Å². The maximum atomic E-state index is 13.0. The molecule has 0 aromatic heterocycles. The summed E-state index contributed by atoms with van der Waals surface area (Å²) in [6, 6.07) is 3.73. The van der Waals surface area contributed by atoms with E-state index >= 15 is 0 Å². The predicted molar refractivity (Wildman–Crippen MR) is 69.2 cm³/mol. The third-order valence-electron chi connectivity index (χ3n) is 2.58. The van der Waals surface area contributed by atoms with E-state index in [2.05, 4.69) is 5.32 Å². The van der Waals surface area contributed by atoms with Crippen molar-refractivity contribution in [3.8, 4) is 0 Å². The molecule has 1 unspecified atom stereocenters. The minimum Gasteiger partial charge on any atom is -0.292 e. The molecule has 3 amide bonds. The first kappa shape index (κ1) is 12.3. The average Bonchev–Trinajstić information content (AvgIpc) is 2.24. The van der Waals surface area contributed by atoms with Crippen LogP contribution < -0.4 is 10.2 Å². The van der Waals surface area contributed by atoms with Crippen molar-refractivity contribution in [3.05, 3.63) is 27.6 Å². The lowest BCUT2D eigenvalue weighted by Gasteiger charge is -2.30. The average molecular weight is 348 g/mol. The highest BCUT2D eigenvalue weighted by molar-refractivity contribution is 14.1. The monoisotopic (exact) mass is 348 g/mol. The topological polar surface area (TPSA) is 49.4 Å². The molecule has 0 spiro atoms. The smallest absolute Gasteiger partial charge is 0.292 e. The number of hydrogen-bond donors (Lipinski definition) is 1. The van der Waals surface area contributed by atoms with Gasteiger partial charge >= 0.3 is 6.03 Å². The fourth-order valence-corrected chi connectivity index (χ4v) is 2.41. The van der Waals surface area contributed by atoms with Gasteiger partial charge in [0.2, 0.25) is 5.91 Å².